The summed E-state index contributed by atoms with van der Waals surface area (Å²) in [6.07, 6.45) is 3.65. The van der Waals surface area contributed by atoms with Gasteiger partial charge in [0, 0.05) is 30.9 Å². The molecule has 3 heterocycles. The summed E-state index contributed by atoms with van der Waals surface area (Å²) in [5, 5.41) is 5.99. The lowest BCUT2D eigenvalue weighted by Crippen LogP contribution is -2.35. The molecule has 1 amide bonds. The van der Waals surface area contributed by atoms with E-state index in [1.807, 2.05) is 22.4 Å². The van der Waals surface area contributed by atoms with E-state index in [2.05, 4.69) is 22.1 Å². The van der Waals surface area contributed by atoms with Crippen LogP contribution in [0, 0.1) is 6.92 Å². The molecule has 0 radical (unpaired) electrons. The zero-order valence-corrected chi connectivity index (χ0v) is 15.1. The molecule has 0 N–H and O–H groups in total. The predicted molar refractivity (Wildman–Crippen MR) is 92.7 cm³/mol. The molecule has 0 aliphatic carbocycles. The number of carbonyl (C=O) groups excluding carboxylic acids is 1. The predicted octanol–water partition coefficient (Wildman–Crippen LogP) is 2.50. The molecule has 1 saturated heterocycles. The minimum atomic E-state index is 0.245. The van der Waals surface area contributed by atoms with Gasteiger partial charge < -0.3 is 9.42 Å². The van der Waals surface area contributed by atoms with Crippen molar-refractivity contribution in [1.82, 2.24) is 19.9 Å². The Labute approximate surface area is 146 Å². The van der Waals surface area contributed by atoms with Gasteiger partial charge in [-0.1, -0.05) is 11.2 Å². The second kappa shape index (κ2) is 7.90. The minimum Gasteiger partial charge on any atom is -0.342 e. The molecule has 1 atom stereocenters. The lowest BCUT2D eigenvalue weighted by atomic mass is 10.1. The Morgan fingerprint density at radius 1 is 1.46 bits per heavy atom. The normalized spacial score (nSPS) is 18.8. The van der Waals surface area contributed by atoms with Gasteiger partial charge >= 0.3 is 0 Å². The number of rotatable bonds is 5. The number of amides is 1. The molecule has 1 aliphatic heterocycles. The van der Waals surface area contributed by atoms with Gasteiger partial charge in [-0.3, -0.25) is 9.69 Å². The van der Waals surface area contributed by atoms with Gasteiger partial charge in [0.1, 0.15) is 0 Å². The Morgan fingerprint density at radius 2 is 2.33 bits per heavy atom. The van der Waals surface area contributed by atoms with E-state index in [0.717, 1.165) is 43.1 Å². The first kappa shape index (κ1) is 17.1. The van der Waals surface area contributed by atoms with Crippen LogP contribution in [0.1, 0.15) is 35.9 Å². The van der Waals surface area contributed by atoms with E-state index in [-0.39, 0.29) is 5.91 Å². The van der Waals surface area contributed by atoms with Crippen LogP contribution in [0.15, 0.2) is 22.0 Å². The number of hydrogen-bond donors (Lipinski definition) is 0. The largest absolute Gasteiger partial charge is 0.342 e. The highest BCUT2D eigenvalue weighted by Crippen LogP contribution is 2.19. The first-order chi connectivity index (χ1) is 11.6. The third-order valence-electron chi connectivity index (χ3n) is 4.54. The molecule has 0 spiro atoms. The van der Waals surface area contributed by atoms with Crippen molar-refractivity contribution in [3.05, 3.63) is 34.1 Å². The lowest BCUT2D eigenvalue weighted by Gasteiger charge is -2.26. The maximum atomic E-state index is 12.5. The maximum Gasteiger partial charge on any atom is 0.227 e. The molecule has 0 bridgehead atoms. The molecular weight excluding hydrogens is 324 g/mol. The summed E-state index contributed by atoms with van der Waals surface area (Å²) in [7, 11) is 2.10. The molecule has 1 aliphatic rings. The van der Waals surface area contributed by atoms with E-state index in [9.17, 15) is 4.79 Å². The van der Waals surface area contributed by atoms with Crippen LogP contribution >= 0.6 is 11.3 Å². The summed E-state index contributed by atoms with van der Waals surface area (Å²) in [5.74, 6) is 1.57. The molecule has 1 unspecified atom stereocenters. The van der Waals surface area contributed by atoms with Crippen LogP contribution in [0.3, 0.4) is 0 Å². The maximum absolute atomic E-state index is 12.5. The van der Waals surface area contributed by atoms with Crippen molar-refractivity contribution in [2.75, 3.05) is 20.1 Å². The van der Waals surface area contributed by atoms with E-state index in [1.165, 1.54) is 0 Å². The lowest BCUT2D eigenvalue weighted by molar-refractivity contribution is -0.130. The zero-order chi connectivity index (χ0) is 16.9. The SMILES string of the molecule is Cc1nc(CN(C)C2CCCN(C(=O)Cc3cccs3)CC2)no1. The molecule has 130 valence electrons. The summed E-state index contributed by atoms with van der Waals surface area (Å²) in [6.45, 7) is 4.17. The summed E-state index contributed by atoms with van der Waals surface area (Å²) in [6, 6.07) is 4.48. The average Bonchev–Trinajstić information content (AvgIpc) is 3.12. The fraction of sp³-hybridized carbons (Fsp3) is 0.588. The fourth-order valence-electron chi connectivity index (χ4n) is 3.20. The molecule has 6 nitrogen and oxygen atoms in total. The second-order valence-corrected chi connectivity index (χ2v) is 7.40. The summed E-state index contributed by atoms with van der Waals surface area (Å²) < 4.78 is 5.04. The van der Waals surface area contributed by atoms with Crippen molar-refractivity contribution < 1.29 is 9.32 Å². The minimum absolute atomic E-state index is 0.245. The van der Waals surface area contributed by atoms with Crippen molar-refractivity contribution in [3.8, 4) is 0 Å². The van der Waals surface area contributed by atoms with E-state index in [0.29, 0.717) is 24.9 Å². The van der Waals surface area contributed by atoms with Gasteiger partial charge in [-0.2, -0.15) is 4.98 Å². The van der Waals surface area contributed by atoms with Crippen LogP contribution in [0.25, 0.3) is 0 Å². The first-order valence-corrected chi connectivity index (χ1v) is 9.29. The Bertz CT molecular complexity index is 655. The number of aromatic nitrogens is 2. The molecule has 0 aromatic carbocycles. The monoisotopic (exact) mass is 348 g/mol. The van der Waals surface area contributed by atoms with Gasteiger partial charge in [0.25, 0.3) is 0 Å². The Kier molecular flexibility index (Phi) is 5.63. The van der Waals surface area contributed by atoms with E-state index >= 15 is 0 Å². The number of thiophene rings is 1. The number of likely N-dealkylation sites (tertiary alicyclic amines) is 1. The van der Waals surface area contributed by atoms with Gasteiger partial charge in [-0.05, 0) is 37.8 Å². The van der Waals surface area contributed by atoms with Crippen molar-refractivity contribution in [1.29, 1.82) is 0 Å². The highest BCUT2D eigenvalue weighted by atomic mass is 32.1. The van der Waals surface area contributed by atoms with Crippen molar-refractivity contribution in [2.45, 2.75) is 45.2 Å². The molecule has 1 fully saturated rings. The van der Waals surface area contributed by atoms with Crippen LogP contribution in [0.4, 0.5) is 0 Å². The van der Waals surface area contributed by atoms with E-state index in [1.54, 1.807) is 18.3 Å². The Hall–Kier alpha value is -1.73. The number of aryl methyl sites for hydroxylation is 1. The Morgan fingerprint density at radius 3 is 3.04 bits per heavy atom. The van der Waals surface area contributed by atoms with Gasteiger partial charge in [0.15, 0.2) is 5.82 Å². The summed E-state index contributed by atoms with van der Waals surface area (Å²) in [5.41, 5.74) is 0. The van der Waals surface area contributed by atoms with Crippen LogP contribution < -0.4 is 0 Å². The number of hydrogen-bond acceptors (Lipinski definition) is 6. The van der Waals surface area contributed by atoms with Gasteiger partial charge in [0.05, 0.1) is 13.0 Å². The molecular formula is C17H24N4O2S. The third kappa shape index (κ3) is 4.42. The molecule has 2 aromatic heterocycles. The van der Waals surface area contributed by atoms with Crippen molar-refractivity contribution in [3.63, 3.8) is 0 Å². The molecule has 0 saturated carbocycles. The van der Waals surface area contributed by atoms with Gasteiger partial charge in [-0.25, -0.2) is 0 Å². The van der Waals surface area contributed by atoms with Crippen molar-refractivity contribution >= 4 is 17.2 Å². The third-order valence-corrected chi connectivity index (χ3v) is 5.42. The van der Waals surface area contributed by atoms with Crippen LogP contribution in [0.5, 0.6) is 0 Å². The topological polar surface area (TPSA) is 62.5 Å². The smallest absolute Gasteiger partial charge is 0.227 e. The molecule has 24 heavy (non-hydrogen) atoms. The number of carbonyl (C=O) groups is 1. The fourth-order valence-corrected chi connectivity index (χ4v) is 3.90. The second-order valence-electron chi connectivity index (χ2n) is 6.37. The van der Waals surface area contributed by atoms with Gasteiger partial charge in [0.2, 0.25) is 11.8 Å². The first-order valence-electron chi connectivity index (χ1n) is 8.41. The van der Waals surface area contributed by atoms with Crippen LogP contribution in [0.2, 0.25) is 0 Å². The molecule has 7 heteroatoms. The van der Waals surface area contributed by atoms with E-state index in [4.69, 9.17) is 4.52 Å². The number of nitrogens with zero attached hydrogens (tertiary/aromatic N) is 4. The molecule has 2 aromatic rings. The van der Waals surface area contributed by atoms with Crippen molar-refractivity contribution in [2.24, 2.45) is 0 Å². The summed E-state index contributed by atoms with van der Waals surface area (Å²) in [4.78, 5) is 22.2. The standard InChI is InChI=1S/C17H24N4O2S/c1-13-18-16(19-23-13)12-20(2)14-5-3-8-21(9-7-14)17(22)11-15-6-4-10-24-15/h4,6,10,14H,3,5,7-9,11-12H2,1-2H3. The van der Waals surface area contributed by atoms with Crippen LogP contribution in [-0.2, 0) is 17.8 Å². The van der Waals surface area contributed by atoms with E-state index < -0.39 is 0 Å². The summed E-state index contributed by atoms with van der Waals surface area (Å²) >= 11 is 1.65. The Balaban J connectivity index is 1.51. The van der Waals surface area contributed by atoms with Crippen LogP contribution in [-0.4, -0.2) is 52.0 Å². The van der Waals surface area contributed by atoms with Gasteiger partial charge in [-0.15, -0.1) is 11.3 Å². The highest BCUT2D eigenvalue weighted by Gasteiger charge is 2.24. The quantitative estimate of drug-likeness (QED) is 0.831. The average molecular weight is 348 g/mol. The molecule has 3 rings (SSSR count). The zero-order valence-electron chi connectivity index (χ0n) is 14.3. The highest BCUT2D eigenvalue weighted by molar-refractivity contribution is 7.10.